The van der Waals surface area contributed by atoms with E-state index in [1.54, 1.807) is 0 Å². The molecule has 0 radical (unpaired) electrons. The van der Waals surface area contributed by atoms with Crippen LogP contribution in [0, 0.1) is 13.8 Å². The third kappa shape index (κ3) is 3.58. The number of nitrogens with zero attached hydrogens (tertiary/aromatic N) is 2. The van der Waals surface area contributed by atoms with E-state index in [-0.39, 0.29) is 51.8 Å². The van der Waals surface area contributed by atoms with Gasteiger partial charge in [-0.25, -0.2) is 29.6 Å². The number of rotatable bonds is 4. The standard InChI is InChI=1S/C16H22N2O7S3/c1-11-8-14(18-15(19)5-7-27(18,22)23)9-12(2)16(11)28(24,25)17(3)13-4-6-26(20,21)10-13/h8-9,13H,4-7,10H2,1-3H3/t13-/m1/s1. The number of amides is 1. The number of hydrogen-bond donors (Lipinski definition) is 0. The zero-order chi connectivity index (χ0) is 21.1. The van der Waals surface area contributed by atoms with E-state index >= 15 is 0 Å². The van der Waals surface area contributed by atoms with Crippen molar-refractivity contribution < 1.29 is 30.0 Å². The van der Waals surface area contributed by atoms with Gasteiger partial charge >= 0.3 is 0 Å². The van der Waals surface area contributed by atoms with Gasteiger partial charge in [0.1, 0.15) is 0 Å². The maximum Gasteiger partial charge on any atom is 0.243 e. The molecule has 156 valence electrons. The van der Waals surface area contributed by atoms with E-state index in [4.69, 9.17) is 0 Å². The molecule has 0 N–H and O–H groups in total. The lowest BCUT2D eigenvalue weighted by Crippen LogP contribution is -2.38. The quantitative estimate of drug-likeness (QED) is 0.640. The van der Waals surface area contributed by atoms with E-state index in [0.717, 1.165) is 8.61 Å². The van der Waals surface area contributed by atoms with Gasteiger partial charge in [0.15, 0.2) is 9.84 Å². The van der Waals surface area contributed by atoms with Crippen molar-refractivity contribution >= 4 is 41.5 Å². The van der Waals surface area contributed by atoms with Gasteiger partial charge in [-0.2, -0.15) is 4.31 Å². The maximum atomic E-state index is 13.1. The molecule has 0 aliphatic carbocycles. The van der Waals surface area contributed by atoms with E-state index in [0.29, 0.717) is 0 Å². The number of sulfonamides is 2. The van der Waals surface area contributed by atoms with Crippen molar-refractivity contribution in [3.8, 4) is 0 Å². The average molecular weight is 451 g/mol. The molecule has 0 unspecified atom stereocenters. The Kier molecular flexibility index (Phi) is 5.14. The van der Waals surface area contributed by atoms with Crippen molar-refractivity contribution in [2.75, 3.05) is 28.6 Å². The van der Waals surface area contributed by atoms with Gasteiger partial charge in [-0.15, -0.1) is 0 Å². The van der Waals surface area contributed by atoms with Crippen molar-refractivity contribution in [2.45, 2.75) is 37.6 Å². The van der Waals surface area contributed by atoms with Crippen LogP contribution in [0.25, 0.3) is 0 Å². The van der Waals surface area contributed by atoms with Gasteiger partial charge in [-0.3, -0.25) is 4.79 Å². The molecular weight excluding hydrogens is 428 g/mol. The summed E-state index contributed by atoms with van der Waals surface area (Å²) in [5, 5.41) is 0. The van der Waals surface area contributed by atoms with E-state index in [9.17, 15) is 30.0 Å². The number of carbonyl (C=O) groups excluding carboxylic acids is 1. The highest BCUT2D eigenvalue weighted by Gasteiger charge is 2.39. The molecule has 1 aromatic rings. The van der Waals surface area contributed by atoms with Crippen molar-refractivity contribution in [1.29, 1.82) is 0 Å². The summed E-state index contributed by atoms with van der Waals surface area (Å²) in [5.41, 5.74) is 0.692. The molecule has 3 rings (SSSR count). The predicted molar refractivity (Wildman–Crippen MR) is 104 cm³/mol. The van der Waals surface area contributed by atoms with Crippen molar-refractivity contribution in [3.05, 3.63) is 23.3 Å². The summed E-state index contributed by atoms with van der Waals surface area (Å²) in [6.07, 6.45) is 0.119. The maximum absolute atomic E-state index is 13.1. The second kappa shape index (κ2) is 6.78. The minimum atomic E-state index is -4.00. The molecule has 2 fully saturated rings. The van der Waals surface area contributed by atoms with Crippen LogP contribution in [0.3, 0.4) is 0 Å². The molecule has 2 saturated heterocycles. The summed E-state index contributed by atoms with van der Waals surface area (Å²) < 4.78 is 75.8. The minimum absolute atomic E-state index is 0.00732. The third-order valence-corrected chi connectivity index (χ3v) is 10.8. The molecule has 0 bridgehead atoms. The fourth-order valence-corrected chi connectivity index (χ4v) is 8.83. The normalized spacial score (nSPS) is 24.2. The first-order valence-electron chi connectivity index (χ1n) is 8.62. The largest absolute Gasteiger partial charge is 0.273 e. The van der Waals surface area contributed by atoms with Crippen LogP contribution < -0.4 is 4.31 Å². The average Bonchev–Trinajstić information content (AvgIpc) is 3.04. The Balaban J connectivity index is 2.03. The zero-order valence-corrected chi connectivity index (χ0v) is 18.2. The molecule has 28 heavy (non-hydrogen) atoms. The zero-order valence-electron chi connectivity index (χ0n) is 15.7. The Morgan fingerprint density at radius 2 is 1.64 bits per heavy atom. The number of sulfone groups is 1. The third-order valence-electron chi connectivity index (χ3n) is 5.12. The van der Waals surface area contributed by atoms with E-state index in [1.165, 1.54) is 33.0 Å². The second-order valence-electron chi connectivity index (χ2n) is 7.21. The van der Waals surface area contributed by atoms with Crippen LogP contribution in [0.15, 0.2) is 17.0 Å². The van der Waals surface area contributed by atoms with Gasteiger partial charge < -0.3 is 0 Å². The molecule has 0 aromatic heterocycles. The molecule has 1 aromatic carbocycles. The Morgan fingerprint density at radius 3 is 2.07 bits per heavy atom. The number of anilines is 1. The molecule has 1 amide bonds. The summed E-state index contributed by atoms with van der Waals surface area (Å²) in [5.74, 6) is -1.10. The number of hydrogen-bond acceptors (Lipinski definition) is 7. The highest BCUT2D eigenvalue weighted by atomic mass is 32.2. The van der Waals surface area contributed by atoms with Crippen molar-refractivity contribution in [1.82, 2.24) is 4.31 Å². The first-order chi connectivity index (χ1) is 12.8. The van der Waals surface area contributed by atoms with E-state index in [2.05, 4.69) is 0 Å². The smallest absolute Gasteiger partial charge is 0.243 e. The van der Waals surface area contributed by atoms with Crippen LogP contribution in [0.1, 0.15) is 24.0 Å². The Labute approximate surface area is 165 Å². The highest BCUT2D eigenvalue weighted by Crippen LogP contribution is 2.33. The highest BCUT2D eigenvalue weighted by molar-refractivity contribution is 7.94. The van der Waals surface area contributed by atoms with Crippen LogP contribution in [0.4, 0.5) is 5.69 Å². The van der Waals surface area contributed by atoms with Crippen LogP contribution in [0.5, 0.6) is 0 Å². The first-order valence-corrected chi connectivity index (χ1v) is 13.5. The molecule has 1 atom stereocenters. The van der Waals surface area contributed by atoms with E-state index in [1.807, 2.05) is 0 Å². The van der Waals surface area contributed by atoms with Crippen LogP contribution in [0.2, 0.25) is 0 Å². The molecule has 9 nitrogen and oxygen atoms in total. The number of aryl methyl sites for hydroxylation is 2. The Hall–Kier alpha value is -1.50. The molecule has 0 saturated carbocycles. The minimum Gasteiger partial charge on any atom is -0.273 e. The molecular formula is C16H22N2O7S3. The lowest BCUT2D eigenvalue weighted by atomic mass is 10.1. The topological polar surface area (TPSA) is 126 Å². The lowest BCUT2D eigenvalue weighted by molar-refractivity contribution is -0.116. The van der Waals surface area contributed by atoms with Crippen LogP contribution >= 0.6 is 0 Å². The summed E-state index contributed by atoms with van der Waals surface area (Å²) >= 11 is 0. The molecule has 12 heteroatoms. The fraction of sp³-hybridized carbons (Fsp3) is 0.562. The van der Waals surface area contributed by atoms with Gasteiger partial charge in [0.2, 0.25) is 26.0 Å². The molecule has 2 aliphatic heterocycles. The monoisotopic (exact) mass is 450 g/mol. The number of benzene rings is 1. The number of carbonyl (C=O) groups is 1. The van der Waals surface area contributed by atoms with Crippen molar-refractivity contribution in [2.24, 2.45) is 0 Å². The SMILES string of the molecule is Cc1cc(N2C(=O)CCS2(=O)=O)cc(C)c1S(=O)(=O)N(C)[C@@H]1CCS(=O)(=O)C1. The molecule has 0 spiro atoms. The Morgan fingerprint density at radius 1 is 1.07 bits per heavy atom. The Bertz CT molecular complexity index is 1130. The van der Waals surface area contributed by atoms with Gasteiger partial charge in [0.05, 0.1) is 27.8 Å². The first kappa shape index (κ1) is 21.2. The van der Waals surface area contributed by atoms with Gasteiger partial charge in [0, 0.05) is 19.5 Å². The lowest BCUT2D eigenvalue weighted by Gasteiger charge is -2.25. The summed E-state index contributed by atoms with van der Waals surface area (Å²) in [4.78, 5) is 12.0. The summed E-state index contributed by atoms with van der Waals surface area (Å²) in [6, 6.07) is 2.08. The fourth-order valence-electron chi connectivity index (χ4n) is 3.72. The van der Waals surface area contributed by atoms with Gasteiger partial charge in [-0.1, -0.05) is 0 Å². The summed E-state index contributed by atoms with van der Waals surface area (Å²) in [6.45, 7) is 3.05. The second-order valence-corrected chi connectivity index (χ2v) is 13.3. The molecule has 2 heterocycles. The summed E-state index contributed by atoms with van der Waals surface area (Å²) in [7, 11) is -9.66. The van der Waals surface area contributed by atoms with Crippen LogP contribution in [-0.4, -0.2) is 65.8 Å². The van der Waals surface area contributed by atoms with Gasteiger partial charge in [-0.05, 0) is 43.5 Å². The predicted octanol–water partition coefficient (Wildman–Crippen LogP) is 0.178. The van der Waals surface area contributed by atoms with Gasteiger partial charge in [0.25, 0.3) is 0 Å². The van der Waals surface area contributed by atoms with E-state index < -0.39 is 41.8 Å². The molecule has 2 aliphatic rings. The van der Waals surface area contributed by atoms with Crippen molar-refractivity contribution in [3.63, 3.8) is 0 Å². The van der Waals surface area contributed by atoms with Crippen LogP contribution in [-0.2, 0) is 34.7 Å².